The van der Waals surface area contributed by atoms with Crippen LogP contribution < -0.4 is 10.1 Å². The molecule has 1 aromatic rings. The molecule has 1 saturated carbocycles. The summed E-state index contributed by atoms with van der Waals surface area (Å²) in [6, 6.07) is 2.27. The molecule has 1 N–H and O–H groups in total. The van der Waals surface area contributed by atoms with Crippen molar-refractivity contribution in [2.75, 3.05) is 20.3 Å². The standard InChI is InChI=1S/C17H28N2O2/c1-4-10-19-16(14-11-15(20-3)13-18-12-14)17(21-5-2)8-6-7-9-17/h11-13,16,19H,4-10H2,1-3H3. The first-order valence-corrected chi connectivity index (χ1v) is 8.12. The number of aromatic nitrogens is 1. The molecule has 1 unspecified atom stereocenters. The summed E-state index contributed by atoms with van der Waals surface area (Å²) in [7, 11) is 1.68. The van der Waals surface area contributed by atoms with Gasteiger partial charge in [0.05, 0.1) is 24.9 Å². The van der Waals surface area contributed by atoms with Crippen molar-refractivity contribution < 1.29 is 9.47 Å². The van der Waals surface area contributed by atoms with Gasteiger partial charge in [0.2, 0.25) is 0 Å². The largest absolute Gasteiger partial charge is 0.495 e. The lowest BCUT2D eigenvalue weighted by Crippen LogP contribution is -2.44. The minimum absolute atomic E-state index is 0.0992. The van der Waals surface area contributed by atoms with Gasteiger partial charge in [-0.25, -0.2) is 0 Å². The average Bonchev–Trinajstić information content (AvgIpc) is 2.98. The van der Waals surface area contributed by atoms with Crippen molar-refractivity contribution >= 4 is 0 Å². The number of hydrogen-bond donors (Lipinski definition) is 1. The third kappa shape index (κ3) is 3.74. The highest BCUT2D eigenvalue weighted by atomic mass is 16.5. The van der Waals surface area contributed by atoms with E-state index in [1.165, 1.54) is 12.8 Å². The quantitative estimate of drug-likeness (QED) is 0.796. The van der Waals surface area contributed by atoms with Gasteiger partial charge in [0, 0.05) is 12.8 Å². The van der Waals surface area contributed by atoms with Gasteiger partial charge < -0.3 is 14.8 Å². The smallest absolute Gasteiger partial charge is 0.137 e. The maximum absolute atomic E-state index is 6.25. The molecule has 1 heterocycles. The average molecular weight is 292 g/mol. The SMILES string of the molecule is CCCNC(c1cncc(OC)c1)C1(OCC)CCCC1. The molecule has 1 aliphatic rings. The first-order chi connectivity index (χ1) is 10.3. The Hall–Kier alpha value is -1.13. The predicted molar refractivity (Wildman–Crippen MR) is 84.6 cm³/mol. The number of nitrogens with zero attached hydrogens (tertiary/aromatic N) is 1. The third-order valence-corrected chi connectivity index (χ3v) is 4.31. The fourth-order valence-corrected chi connectivity index (χ4v) is 3.38. The van der Waals surface area contributed by atoms with E-state index < -0.39 is 0 Å². The second-order valence-electron chi connectivity index (χ2n) is 5.75. The molecule has 2 rings (SSSR count). The van der Waals surface area contributed by atoms with Crippen LogP contribution in [0.1, 0.15) is 57.6 Å². The zero-order valence-corrected chi connectivity index (χ0v) is 13.5. The molecule has 1 atom stereocenters. The Labute approximate surface area is 128 Å². The van der Waals surface area contributed by atoms with E-state index in [9.17, 15) is 0 Å². The molecule has 4 nitrogen and oxygen atoms in total. The van der Waals surface area contributed by atoms with Crippen LogP contribution in [0.25, 0.3) is 0 Å². The zero-order chi connectivity index (χ0) is 15.1. The van der Waals surface area contributed by atoms with Gasteiger partial charge in [0.15, 0.2) is 0 Å². The van der Waals surface area contributed by atoms with Crippen LogP contribution in [0.5, 0.6) is 5.75 Å². The van der Waals surface area contributed by atoms with E-state index in [1.54, 1.807) is 13.3 Å². The molecule has 0 radical (unpaired) electrons. The van der Waals surface area contributed by atoms with Crippen LogP contribution in [0.3, 0.4) is 0 Å². The van der Waals surface area contributed by atoms with Crippen LogP contribution in [-0.4, -0.2) is 30.8 Å². The van der Waals surface area contributed by atoms with Crippen LogP contribution in [0.2, 0.25) is 0 Å². The predicted octanol–water partition coefficient (Wildman–Crippen LogP) is 3.48. The molecule has 0 bridgehead atoms. The normalized spacial score (nSPS) is 18.6. The van der Waals surface area contributed by atoms with E-state index in [0.717, 1.165) is 43.7 Å². The molecular formula is C17H28N2O2. The molecular weight excluding hydrogens is 264 g/mol. The van der Waals surface area contributed by atoms with Crippen LogP contribution in [0.15, 0.2) is 18.5 Å². The van der Waals surface area contributed by atoms with E-state index in [0.29, 0.717) is 0 Å². The Balaban J connectivity index is 2.31. The van der Waals surface area contributed by atoms with Crippen molar-refractivity contribution in [3.05, 3.63) is 24.0 Å². The summed E-state index contributed by atoms with van der Waals surface area (Å²) in [5.41, 5.74) is 1.07. The van der Waals surface area contributed by atoms with Crippen molar-refractivity contribution in [2.45, 2.75) is 57.6 Å². The van der Waals surface area contributed by atoms with Crippen molar-refractivity contribution in [3.8, 4) is 5.75 Å². The zero-order valence-electron chi connectivity index (χ0n) is 13.5. The number of ether oxygens (including phenoxy) is 2. The first-order valence-electron chi connectivity index (χ1n) is 8.12. The number of nitrogens with one attached hydrogen (secondary N) is 1. The van der Waals surface area contributed by atoms with E-state index in [4.69, 9.17) is 9.47 Å². The van der Waals surface area contributed by atoms with Gasteiger partial charge in [-0.2, -0.15) is 0 Å². The third-order valence-electron chi connectivity index (χ3n) is 4.31. The van der Waals surface area contributed by atoms with Gasteiger partial charge in [0.1, 0.15) is 5.75 Å². The van der Waals surface area contributed by atoms with Gasteiger partial charge in [-0.3, -0.25) is 4.98 Å². The summed E-state index contributed by atoms with van der Waals surface area (Å²) >= 11 is 0. The van der Waals surface area contributed by atoms with E-state index in [-0.39, 0.29) is 11.6 Å². The topological polar surface area (TPSA) is 43.4 Å². The Kier molecular flexibility index (Phi) is 6.00. The molecule has 1 fully saturated rings. The minimum Gasteiger partial charge on any atom is -0.495 e. The fraction of sp³-hybridized carbons (Fsp3) is 0.706. The summed E-state index contributed by atoms with van der Waals surface area (Å²) in [5.74, 6) is 0.806. The summed E-state index contributed by atoms with van der Waals surface area (Å²) in [6.07, 6.45) is 9.50. The Morgan fingerprint density at radius 3 is 2.67 bits per heavy atom. The van der Waals surface area contributed by atoms with Crippen LogP contribution in [0.4, 0.5) is 0 Å². The van der Waals surface area contributed by atoms with Crippen molar-refractivity contribution in [3.63, 3.8) is 0 Å². The Morgan fingerprint density at radius 2 is 2.05 bits per heavy atom. The summed E-state index contributed by atoms with van der Waals surface area (Å²) in [6.45, 7) is 6.01. The number of rotatable bonds is 8. The lowest BCUT2D eigenvalue weighted by Gasteiger charge is -2.38. The Morgan fingerprint density at radius 1 is 1.29 bits per heavy atom. The highest BCUT2D eigenvalue weighted by Crippen LogP contribution is 2.43. The summed E-state index contributed by atoms with van der Waals surface area (Å²) in [5, 5.41) is 3.68. The number of methoxy groups -OCH3 is 1. The van der Waals surface area contributed by atoms with Gasteiger partial charge >= 0.3 is 0 Å². The molecule has 118 valence electrons. The van der Waals surface area contributed by atoms with Gasteiger partial charge in [-0.05, 0) is 44.4 Å². The second-order valence-corrected chi connectivity index (χ2v) is 5.75. The summed E-state index contributed by atoms with van der Waals surface area (Å²) in [4.78, 5) is 4.33. The molecule has 21 heavy (non-hydrogen) atoms. The lowest BCUT2D eigenvalue weighted by molar-refractivity contribution is -0.0627. The van der Waals surface area contributed by atoms with E-state index >= 15 is 0 Å². The highest BCUT2D eigenvalue weighted by molar-refractivity contribution is 5.28. The fourth-order valence-electron chi connectivity index (χ4n) is 3.38. The maximum atomic E-state index is 6.25. The summed E-state index contributed by atoms with van der Waals surface area (Å²) < 4.78 is 11.6. The molecule has 0 aromatic carbocycles. The molecule has 1 aliphatic carbocycles. The first kappa shape index (κ1) is 16.2. The van der Waals surface area contributed by atoms with Crippen LogP contribution in [-0.2, 0) is 4.74 Å². The monoisotopic (exact) mass is 292 g/mol. The van der Waals surface area contributed by atoms with Gasteiger partial charge in [-0.15, -0.1) is 0 Å². The van der Waals surface area contributed by atoms with Crippen molar-refractivity contribution in [1.29, 1.82) is 0 Å². The van der Waals surface area contributed by atoms with Crippen molar-refractivity contribution in [2.24, 2.45) is 0 Å². The van der Waals surface area contributed by atoms with Crippen molar-refractivity contribution in [1.82, 2.24) is 10.3 Å². The number of pyridine rings is 1. The van der Waals surface area contributed by atoms with E-state index in [1.807, 2.05) is 6.20 Å². The van der Waals surface area contributed by atoms with Gasteiger partial charge in [0.25, 0.3) is 0 Å². The molecule has 0 amide bonds. The second kappa shape index (κ2) is 7.76. The molecule has 0 spiro atoms. The van der Waals surface area contributed by atoms with E-state index in [2.05, 4.69) is 30.2 Å². The highest BCUT2D eigenvalue weighted by Gasteiger charge is 2.42. The Bertz CT molecular complexity index is 431. The molecule has 1 aromatic heterocycles. The molecule has 0 aliphatic heterocycles. The molecule has 4 heteroatoms. The maximum Gasteiger partial charge on any atom is 0.137 e. The van der Waals surface area contributed by atoms with Crippen LogP contribution in [0, 0.1) is 0 Å². The minimum atomic E-state index is -0.0992. The lowest BCUT2D eigenvalue weighted by atomic mass is 9.87. The van der Waals surface area contributed by atoms with Gasteiger partial charge in [-0.1, -0.05) is 19.8 Å². The molecule has 0 saturated heterocycles. The van der Waals surface area contributed by atoms with Crippen LogP contribution >= 0.6 is 0 Å². The number of hydrogen-bond acceptors (Lipinski definition) is 4.